The van der Waals surface area contributed by atoms with E-state index in [4.69, 9.17) is 23.2 Å². The Bertz CT molecular complexity index is 857. The highest BCUT2D eigenvalue weighted by Gasteiger charge is 2.44. The molecular weight excluding hydrogens is 415 g/mol. The molecule has 2 rings (SSSR count). The maximum Gasteiger partial charge on any atom is 0.490 e. The van der Waals surface area contributed by atoms with Crippen LogP contribution in [0.25, 0.3) is 0 Å². The fourth-order valence-corrected chi connectivity index (χ4v) is 2.37. The van der Waals surface area contributed by atoms with Crippen molar-refractivity contribution in [2.45, 2.75) is 12.5 Å². The number of nitro groups is 1. The number of aromatic nitrogens is 1. The van der Waals surface area contributed by atoms with Gasteiger partial charge >= 0.3 is 12.5 Å². The van der Waals surface area contributed by atoms with Crippen LogP contribution in [0.5, 0.6) is 0 Å². The molecule has 140 valence electrons. The van der Waals surface area contributed by atoms with Crippen LogP contribution in [0.15, 0.2) is 30.5 Å². The van der Waals surface area contributed by atoms with Crippen molar-refractivity contribution in [3.05, 3.63) is 56.2 Å². The molecule has 0 amide bonds. The van der Waals surface area contributed by atoms with Crippen LogP contribution in [0, 0.1) is 10.1 Å². The van der Waals surface area contributed by atoms with Crippen LogP contribution in [-0.4, -0.2) is 16.2 Å². The molecule has 13 heteroatoms. The van der Waals surface area contributed by atoms with E-state index in [0.717, 1.165) is 6.07 Å². The van der Waals surface area contributed by atoms with Gasteiger partial charge in [-0.15, -0.1) is 13.2 Å². The van der Waals surface area contributed by atoms with Crippen molar-refractivity contribution in [3.8, 4) is 0 Å². The van der Waals surface area contributed by atoms with Gasteiger partial charge in [-0.05, 0) is 18.2 Å². The van der Waals surface area contributed by atoms with Crippen molar-refractivity contribution < 1.29 is 31.3 Å². The maximum atomic E-state index is 13.5. The minimum atomic E-state index is -5.30. The highest BCUT2D eigenvalue weighted by molar-refractivity contribution is 6.33. The summed E-state index contributed by atoms with van der Waals surface area (Å²) in [7, 11) is 0. The standard InChI is InChI=1S/C13H5Cl2F6N3O2/c14-7-1-2-9(24(25)26)10(4-7)23(13(19,20)21)11-8(15)3-6(5-22-11)12(16,17)18/h1-5H. The molecule has 0 aliphatic rings. The fraction of sp³-hybridized carbons (Fsp3) is 0.154. The monoisotopic (exact) mass is 419 g/mol. The second-order valence-corrected chi connectivity index (χ2v) is 5.56. The summed E-state index contributed by atoms with van der Waals surface area (Å²) in [5.74, 6) is -1.17. The smallest absolute Gasteiger partial charge is 0.258 e. The Balaban J connectivity index is 2.73. The Hall–Kier alpha value is -2.27. The van der Waals surface area contributed by atoms with Gasteiger partial charge in [-0.3, -0.25) is 10.1 Å². The predicted octanol–water partition coefficient (Wildman–Crippen LogP) is 5.97. The molecule has 2 aromatic rings. The van der Waals surface area contributed by atoms with E-state index < -0.39 is 50.1 Å². The molecule has 0 saturated heterocycles. The fourth-order valence-electron chi connectivity index (χ4n) is 1.95. The third kappa shape index (κ3) is 4.10. The molecule has 0 radical (unpaired) electrons. The maximum absolute atomic E-state index is 13.5. The number of nitrogens with zero attached hydrogens (tertiary/aromatic N) is 3. The molecule has 0 N–H and O–H groups in total. The summed E-state index contributed by atoms with van der Waals surface area (Å²) >= 11 is 11.2. The number of hydrogen-bond donors (Lipinski definition) is 0. The topological polar surface area (TPSA) is 59.3 Å². The molecule has 0 atom stereocenters. The van der Waals surface area contributed by atoms with E-state index in [0.29, 0.717) is 12.1 Å². The van der Waals surface area contributed by atoms with E-state index in [1.165, 1.54) is 0 Å². The van der Waals surface area contributed by atoms with Crippen LogP contribution < -0.4 is 4.90 Å². The number of hydrogen-bond acceptors (Lipinski definition) is 4. The van der Waals surface area contributed by atoms with Crippen LogP contribution in [0.1, 0.15) is 5.56 Å². The van der Waals surface area contributed by atoms with Gasteiger partial charge in [-0.25, -0.2) is 9.88 Å². The lowest BCUT2D eigenvalue weighted by Crippen LogP contribution is -2.35. The summed E-state index contributed by atoms with van der Waals surface area (Å²) in [6.07, 6.45) is -10.1. The van der Waals surface area contributed by atoms with Crippen molar-refractivity contribution in [2.24, 2.45) is 0 Å². The lowest BCUT2D eigenvalue weighted by Gasteiger charge is -2.26. The summed E-state index contributed by atoms with van der Waals surface area (Å²) in [4.78, 5) is 12.4. The molecule has 1 heterocycles. The van der Waals surface area contributed by atoms with Gasteiger partial charge in [0.2, 0.25) is 0 Å². The second kappa shape index (κ2) is 6.80. The molecule has 1 aromatic carbocycles. The van der Waals surface area contributed by atoms with Crippen molar-refractivity contribution in [3.63, 3.8) is 0 Å². The average Bonchev–Trinajstić information content (AvgIpc) is 2.46. The van der Waals surface area contributed by atoms with Crippen LogP contribution in [0.4, 0.5) is 43.5 Å². The Labute approximate surface area is 150 Å². The summed E-state index contributed by atoms with van der Waals surface area (Å²) in [6, 6.07) is 2.57. The van der Waals surface area contributed by atoms with Crippen LogP contribution in [0.3, 0.4) is 0 Å². The first kappa shape index (κ1) is 20.0. The molecule has 0 bridgehead atoms. The number of anilines is 2. The van der Waals surface area contributed by atoms with E-state index >= 15 is 0 Å². The number of rotatable bonds is 3. The van der Waals surface area contributed by atoms with Crippen molar-refractivity contribution in [1.29, 1.82) is 0 Å². The van der Waals surface area contributed by atoms with Gasteiger partial charge in [0.1, 0.15) is 5.69 Å². The van der Waals surface area contributed by atoms with E-state index in [1.54, 1.807) is 0 Å². The van der Waals surface area contributed by atoms with Gasteiger partial charge in [0.05, 0.1) is 15.5 Å². The van der Waals surface area contributed by atoms with Crippen LogP contribution in [0.2, 0.25) is 10.0 Å². The summed E-state index contributed by atoms with van der Waals surface area (Å²) in [5, 5.41) is 9.75. The van der Waals surface area contributed by atoms with E-state index in [9.17, 15) is 36.5 Å². The largest absolute Gasteiger partial charge is 0.490 e. The van der Waals surface area contributed by atoms with E-state index in [2.05, 4.69) is 4.98 Å². The zero-order valence-corrected chi connectivity index (χ0v) is 13.6. The van der Waals surface area contributed by atoms with Crippen molar-refractivity contribution >= 4 is 40.4 Å². The van der Waals surface area contributed by atoms with E-state index in [-0.39, 0.29) is 17.3 Å². The van der Waals surface area contributed by atoms with Crippen molar-refractivity contribution in [1.82, 2.24) is 4.98 Å². The van der Waals surface area contributed by atoms with Gasteiger partial charge in [-0.2, -0.15) is 13.2 Å². The number of alkyl halides is 6. The molecule has 26 heavy (non-hydrogen) atoms. The van der Waals surface area contributed by atoms with Gasteiger partial charge in [0, 0.05) is 17.3 Å². The predicted molar refractivity (Wildman–Crippen MR) is 80.5 cm³/mol. The summed E-state index contributed by atoms with van der Waals surface area (Å²) < 4.78 is 78.5. The molecule has 0 aliphatic heterocycles. The second-order valence-electron chi connectivity index (χ2n) is 4.72. The molecule has 0 saturated carbocycles. The molecule has 0 aliphatic carbocycles. The van der Waals surface area contributed by atoms with Crippen LogP contribution in [-0.2, 0) is 6.18 Å². The zero-order chi connectivity index (χ0) is 19.9. The Kier molecular flexibility index (Phi) is 5.24. The first-order chi connectivity index (χ1) is 11.8. The minimum absolute atomic E-state index is 0.135. The molecule has 0 unspecified atom stereocenters. The SMILES string of the molecule is O=[N+]([O-])c1ccc(Cl)cc1N(c1ncc(C(F)(F)F)cc1Cl)C(F)(F)F. The molecule has 1 aromatic heterocycles. The quantitative estimate of drug-likeness (QED) is 0.266. The third-order valence-corrected chi connectivity index (χ3v) is 3.50. The average molecular weight is 420 g/mol. The number of nitro benzene ring substituents is 1. The molecule has 5 nitrogen and oxygen atoms in total. The lowest BCUT2D eigenvalue weighted by molar-refractivity contribution is -0.384. The first-order valence-corrected chi connectivity index (χ1v) is 7.11. The van der Waals surface area contributed by atoms with Crippen molar-refractivity contribution in [2.75, 3.05) is 4.90 Å². The normalized spacial score (nSPS) is 12.2. The molecular formula is C13H5Cl2F6N3O2. The number of benzene rings is 1. The molecule has 0 spiro atoms. The minimum Gasteiger partial charge on any atom is -0.258 e. The van der Waals surface area contributed by atoms with Gasteiger partial charge in [0.25, 0.3) is 5.69 Å². The zero-order valence-electron chi connectivity index (χ0n) is 12.1. The summed E-state index contributed by atoms with van der Waals surface area (Å²) in [6.45, 7) is 0. The van der Waals surface area contributed by atoms with Gasteiger partial charge < -0.3 is 0 Å². The Morgan fingerprint density at radius 1 is 1.08 bits per heavy atom. The Morgan fingerprint density at radius 3 is 2.15 bits per heavy atom. The number of halogens is 8. The highest BCUT2D eigenvalue weighted by Crippen LogP contribution is 2.44. The Morgan fingerprint density at radius 2 is 1.69 bits per heavy atom. The van der Waals surface area contributed by atoms with Gasteiger partial charge in [-0.1, -0.05) is 23.2 Å². The summed E-state index contributed by atoms with van der Waals surface area (Å²) in [5.41, 5.74) is -3.43. The molecule has 0 fully saturated rings. The lowest BCUT2D eigenvalue weighted by atomic mass is 10.2. The van der Waals surface area contributed by atoms with E-state index in [1.807, 2.05) is 0 Å². The van der Waals surface area contributed by atoms with Crippen LogP contribution >= 0.6 is 23.2 Å². The first-order valence-electron chi connectivity index (χ1n) is 6.36. The van der Waals surface area contributed by atoms with Gasteiger partial charge in [0.15, 0.2) is 5.82 Å². The highest BCUT2D eigenvalue weighted by atomic mass is 35.5. The number of pyridine rings is 1. The third-order valence-electron chi connectivity index (χ3n) is 2.99.